The summed E-state index contributed by atoms with van der Waals surface area (Å²) in [7, 11) is 0. The van der Waals surface area contributed by atoms with Gasteiger partial charge in [0.25, 0.3) is 0 Å². The van der Waals surface area contributed by atoms with Crippen LogP contribution in [0.4, 0.5) is 0 Å². The summed E-state index contributed by atoms with van der Waals surface area (Å²) in [6.45, 7) is 4.93. The normalized spacial score (nSPS) is 11.9. The minimum absolute atomic E-state index is 0.0559. The van der Waals surface area contributed by atoms with E-state index in [1.54, 1.807) is 6.92 Å². The van der Waals surface area contributed by atoms with E-state index in [1.807, 2.05) is 37.3 Å². The molecule has 1 aromatic carbocycles. The molecule has 0 aliphatic carbocycles. The SMILES string of the molecule is CCOC(=O)CCO[C@@H](C)COc1ccccc1. The summed E-state index contributed by atoms with van der Waals surface area (Å²) in [5.74, 6) is 0.590. The van der Waals surface area contributed by atoms with Gasteiger partial charge in [-0.25, -0.2) is 0 Å². The summed E-state index contributed by atoms with van der Waals surface area (Å²) in [4.78, 5) is 11.1. The lowest BCUT2D eigenvalue weighted by Gasteiger charge is -2.14. The number of benzene rings is 1. The lowest BCUT2D eigenvalue weighted by molar-refractivity contribution is -0.144. The van der Waals surface area contributed by atoms with Crippen LogP contribution in [-0.4, -0.2) is 31.9 Å². The first-order chi connectivity index (χ1) is 8.72. The molecule has 1 aromatic rings. The molecule has 0 bridgehead atoms. The Kier molecular flexibility index (Phi) is 6.87. The number of hydrogen-bond donors (Lipinski definition) is 0. The maximum absolute atomic E-state index is 11.1. The average molecular weight is 252 g/mol. The van der Waals surface area contributed by atoms with E-state index >= 15 is 0 Å². The third kappa shape index (κ3) is 6.25. The van der Waals surface area contributed by atoms with Crippen molar-refractivity contribution in [2.24, 2.45) is 0 Å². The van der Waals surface area contributed by atoms with Crippen LogP contribution in [0.25, 0.3) is 0 Å². The second-order valence-corrected chi connectivity index (χ2v) is 3.86. The zero-order valence-corrected chi connectivity index (χ0v) is 10.9. The number of rotatable bonds is 8. The summed E-state index contributed by atoms with van der Waals surface area (Å²) >= 11 is 0. The predicted molar refractivity (Wildman–Crippen MR) is 68.6 cm³/mol. The number of para-hydroxylation sites is 1. The molecular formula is C14H20O4. The Morgan fingerprint density at radius 2 is 2.00 bits per heavy atom. The van der Waals surface area contributed by atoms with Gasteiger partial charge in [-0.15, -0.1) is 0 Å². The van der Waals surface area contributed by atoms with Crippen molar-refractivity contribution in [3.8, 4) is 5.75 Å². The summed E-state index contributed by atoms with van der Waals surface area (Å²) in [5.41, 5.74) is 0. The van der Waals surface area contributed by atoms with Gasteiger partial charge in [0.2, 0.25) is 0 Å². The first kappa shape index (κ1) is 14.5. The molecule has 4 nitrogen and oxygen atoms in total. The van der Waals surface area contributed by atoms with Crippen molar-refractivity contribution < 1.29 is 19.0 Å². The monoisotopic (exact) mass is 252 g/mol. The molecule has 0 radical (unpaired) electrons. The van der Waals surface area contributed by atoms with E-state index in [4.69, 9.17) is 14.2 Å². The topological polar surface area (TPSA) is 44.8 Å². The van der Waals surface area contributed by atoms with Crippen LogP contribution < -0.4 is 4.74 Å². The summed E-state index contributed by atoms with van der Waals surface area (Å²) in [5, 5.41) is 0. The van der Waals surface area contributed by atoms with Crippen molar-refractivity contribution >= 4 is 5.97 Å². The molecule has 18 heavy (non-hydrogen) atoms. The molecule has 0 aliphatic rings. The highest BCUT2D eigenvalue weighted by Crippen LogP contribution is 2.09. The van der Waals surface area contributed by atoms with Gasteiger partial charge in [0.15, 0.2) is 0 Å². The van der Waals surface area contributed by atoms with Crippen LogP contribution in [0.3, 0.4) is 0 Å². The lowest BCUT2D eigenvalue weighted by atomic mass is 10.3. The molecule has 0 heterocycles. The molecule has 0 saturated carbocycles. The van der Waals surface area contributed by atoms with Crippen LogP contribution in [0.5, 0.6) is 5.75 Å². The van der Waals surface area contributed by atoms with E-state index in [0.29, 0.717) is 19.8 Å². The lowest BCUT2D eigenvalue weighted by Crippen LogP contribution is -2.20. The first-order valence-electron chi connectivity index (χ1n) is 6.17. The van der Waals surface area contributed by atoms with Crippen molar-refractivity contribution in [1.82, 2.24) is 0 Å². The quantitative estimate of drug-likeness (QED) is 0.666. The highest BCUT2D eigenvalue weighted by Gasteiger charge is 2.06. The Hall–Kier alpha value is -1.55. The maximum atomic E-state index is 11.1. The van der Waals surface area contributed by atoms with Crippen LogP contribution in [0.15, 0.2) is 30.3 Å². The molecule has 0 aromatic heterocycles. The fraction of sp³-hybridized carbons (Fsp3) is 0.500. The van der Waals surface area contributed by atoms with Gasteiger partial charge in [0.1, 0.15) is 12.4 Å². The predicted octanol–water partition coefficient (Wildman–Crippen LogP) is 2.42. The summed E-state index contributed by atoms with van der Waals surface area (Å²) < 4.78 is 15.8. The Balaban J connectivity index is 2.11. The molecule has 1 atom stereocenters. The van der Waals surface area contributed by atoms with Crippen LogP contribution >= 0.6 is 0 Å². The zero-order chi connectivity index (χ0) is 13.2. The second-order valence-electron chi connectivity index (χ2n) is 3.86. The first-order valence-corrected chi connectivity index (χ1v) is 6.17. The molecule has 4 heteroatoms. The van der Waals surface area contributed by atoms with Gasteiger partial charge in [0.05, 0.1) is 25.7 Å². The van der Waals surface area contributed by atoms with E-state index < -0.39 is 0 Å². The number of ether oxygens (including phenoxy) is 3. The van der Waals surface area contributed by atoms with Gasteiger partial charge in [-0.05, 0) is 26.0 Å². The van der Waals surface area contributed by atoms with E-state index in [2.05, 4.69) is 0 Å². The van der Waals surface area contributed by atoms with Gasteiger partial charge in [0, 0.05) is 0 Å². The Morgan fingerprint density at radius 1 is 1.28 bits per heavy atom. The number of carbonyl (C=O) groups excluding carboxylic acids is 1. The van der Waals surface area contributed by atoms with Gasteiger partial charge in [-0.1, -0.05) is 18.2 Å². The molecule has 0 spiro atoms. The van der Waals surface area contributed by atoms with Crippen LogP contribution in [0.2, 0.25) is 0 Å². The molecule has 0 N–H and O–H groups in total. The van der Waals surface area contributed by atoms with Gasteiger partial charge < -0.3 is 14.2 Å². The van der Waals surface area contributed by atoms with Crippen molar-refractivity contribution in [2.75, 3.05) is 19.8 Å². The van der Waals surface area contributed by atoms with Crippen LogP contribution in [0.1, 0.15) is 20.3 Å². The molecule has 1 rings (SSSR count). The van der Waals surface area contributed by atoms with Gasteiger partial charge in [-0.3, -0.25) is 4.79 Å². The fourth-order valence-electron chi connectivity index (χ4n) is 1.36. The summed E-state index contributed by atoms with van der Waals surface area (Å²) in [6.07, 6.45) is 0.225. The van der Waals surface area contributed by atoms with E-state index in [0.717, 1.165) is 5.75 Å². The Labute approximate surface area is 108 Å². The van der Waals surface area contributed by atoms with Gasteiger partial charge in [-0.2, -0.15) is 0 Å². The number of esters is 1. The minimum atomic E-state index is -0.228. The van der Waals surface area contributed by atoms with E-state index in [-0.39, 0.29) is 18.5 Å². The van der Waals surface area contributed by atoms with E-state index in [9.17, 15) is 4.79 Å². The summed E-state index contributed by atoms with van der Waals surface area (Å²) in [6, 6.07) is 9.56. The van der Waals surface area contributed by atoms with Gasteiger partial charge >= 0.3 is 5.97 Å². The van der Waals surface area contributed by atoms with E-state index in [1.165, 1.54) is 0 Å². The second kappa shape index (κ2) is 8.53. The number of hydrogen-bond acceptors (Lipinski definition) is 4. The van der Waals surface area contributed by atoms with Crippen molar-refractivity contribution in [3.63, 3.8) is 0 Å². The standard InChI is InChI=1S/C14H20O4/c1-3-16-14(15)9-10-17-12(2)11-18-13-7-5-4-6-8-13/h4-8,12H,3,9-11H2,1-2H3/t12-/m0/s1. The largest absolute Gasteiger partial charge is 0.491 e. The fourth-order valence-corrected chi connectivity index (χ4v) is 1.36. The highest BCUT2D eigenvalue weighted by atomic mass is 16.5. The molecule has 0 saturated heterocycles. The average Bonchev–Trinajstić information content (AvgIpc) is 2.38. The van der Waals surface area contributed by atoms with Crippen molar-refractivity contribution in [1.29, 1.82) is 0 Å². The Bertz CT molecular complexity index is 337. The maximum Gasteiger partial charge on any atom is 0.308 e. The molecule has 0 unspecified atom stereocenters. The highest BCUT2D eigenvalue weighted by molar-refractivity contribution is 5.69. The molecule has 0 aliphatic heterocycles. The van der Waals surface area contributed by atoms with Crippen LogP contribution in [-0.2, 0) is 14.3 Å². The third-order valence-corrected chi connectivity index (χ3v) is 2.24. The van der Waals surface area contributed by atoms with Crippen LogP contribution in [0, 0.1) is 0 Å². The molecule has 100 valence electrons. The molecule has 0 fully saturated rings. The minimum Gasteiger partial charge on any atom is -0.491 e. The van der Waals surface area contributed by atoms with Crippen molar-refractivity contribution in [2.45, 2.75) is 26.4 Å². The zero-order valence-electron chi connectivity index (χ0n) is 10.9. The smallest absolute Gasteiger partial charge is 0.308 e. The third-order valence-electron chi connectivity index (χ3n) is 2.24. The number of carbonyl (C=O) groups is 1. The van der Waals surface area contributed by atoms with Crippen molar-refractivity contribution in [3.05, 3.63) is 30.3 Å². The Morgan fingerprint density at radius 3 is 2.67 bits per heavy atom. The molecule has 0 amide bonds. The molecular weight excluding hydrogens is 232 g/mol.